The molecule has 2 heterocycles. The first-order valence-corrected chi connectivity index (χ1v) is 12.1. The van der Waals surface area contributed by atoms with Crippen LogP contribution in [-0.2, 0) is 16.6 Å². The number of carbonyl (C=O) groups excluding carboxylic acids is 1. The molecule has 31 heavy (non-hydrogen) atoms. The molecule has 0 bridgehead atoms. The summed E-state index contributed by atoms with van der Waals surface area (Å²) >= 11 is 0. The second-order valence-corrected chi connectivity index (χ2v) is 9.84. The third-order valence-corrected chi connectivity index (χ3v) is 7.66. The summed E-state index contributed by atoms with van der Waals surface area (Å²) in [6, 6.07) is 7.01. The Bertz CT molecular complexity index is 1050. The number of aromatic nitrogens is 1. The van der Waals surface area contributed by atoms with Crippen LogP contribution in [0.4, 0.5) is 4.39 Å². The first-order chi connectivity index (χ1) is 14.9. The van der Waals surface area contributed by atoms with E-state index in [2.05, 4.69) is 10.3 Å². The second-order valence-electron chi connectivity index (χ2n) is 7.93. The number of nitrogens with one attached hydrogen (secondary N) is 1. The van der Waals surface area contributed by atoms with E-state index in [9.17, 15) is 17.6 Å². The summed E-state index contributed by atoms with van der Waals surface area (Å²) in [6.45, 7) is 0.895. The lowest BCUT2D eigenvalue weighted by Gasteiger charge is -2.17. The van der Waals surface area contributed by atoms with Crippen LogP contribution in [0.2, 0.25) is 0 Å². The summed E-state index contributed by atoms with van der Waals surface area (Å²) in [4.78, 5) is 16.5. The maximum absolute atomic E-state index is 14.3. The van der Waals surface area contributed by atoms with Gasteiger partial charge >= 0.3 is 0 Å². The average Bonchev–Trinajstić information content (AvgIpc) is 3.48. The number of benzene rings is 1. The largest absolute Gasteiger partial charge is 0.474 e. The van der Waals surface area contributed by atoms with Gasteiger partial charge in [0, 0.05) is 37.0 Å². The number of sulfonamides is 1. The SMILES string of the molecule is O=C(NCc1cccnc1OC1CCCC1)c1ccc(F)c(S(=O)(=O)N2CCCC2)c1. The normalized spacial score (nSPS) is 17.7. The van der Waals surface area contributed by atoms with Crippen molar-refractivity contribution in [3.8, 4) is 5.88 Å². The van der Waals surface area contributed by atoms with Crippen molar-refractivity contribution in [3.63, 3.8) is 0 Å². The molecule has 7 nitrogen and oxygen atoms in total. The Hall–Kier alpha value is -2.52. The fraction of sp³-hybridized carbons (Fsp3) is 0.455. The first-order valence-electron chi connectivity index (χ1n) is 10.6. The smallest absolute Gasteiger partial charge is 0.251 e. The standard InChI is InChI=1S/C22H26FN3O4S/c23-19-10-9-16(14-20(19)31(28,29)26-12-3-4-13-26)21(27)25-15-17-6-5-11-24-22(17)30-18-7-1-2-8-18/h5-6,9-11,14,18H,1-4,7-8,12-13,15H2,(H,25,27). The minimum Gasteiger partial charge on any atom is -0.474 e. The van der Waals surface area contributed by atoms with Crippen LogP contribution < -0.4 is 10.1 Å². The predicted octanol–water partition coefficient (Wildman–Crippen LogP) is 3.26. The number of nitrogens with zero attached hydrogens (tertiary/aromatic N) is 2. The third kappa shape index (κ3) is 4.88. The molecule has 0 radical (unpaired) electrons. The molecule has 1 N–H and O–H groups in total. The lowest BCUT2D eigenvalue weighted by molar-refractivity contribution is 0.0950. The van der Waals surface area contributed by atoms with E-state index < -0.39 is 26.6 Å². The molecule has 2 aliphatic rings. The van der Waals surface area contributed by atoms with Crippen molar-refractivity contribution < 1.29 is 22.3 Å². The Morgan fingerprint density at radius 2 is 1.90 bits per heavy atom. The van der Waals surface area contributed by atoms with Gasteiger partial charge in [-0.2, -0.15) is 4.31 Å². The van der Waals surface area contributed by atoms with Gasteiger partial charge in [-0.05, 0) is 62.8 Å². The Kier molecular flexibility index (Phi) is 6.52. The quantitative estimate of drug-likeness (QED) is 0.704. The van der Waals surface area contributed by atoms with Crippen LogP contribution >= 0.6 is 0 Å². The van der Waals surface area contributed by atoms with Crippen LogP contribution in [0.15, 0.2) is 41.4 Å². The van der Waals surface area contributed by atoms with Gasteiger partial charge in [-0.25, -0.2) is 17.8 Å². The van der Waals surface area contributed by atoms with Crippen LogP contribution in [-0.4, -0.2) is 42.8 Å². The summed E-state index contributed by atoms with van der Waals surface area (Å²) < 4.78 is 47.1. The molecule has 1 aromatic carbocycles. The summed E-state index contributed by atoms with van der Waals surface area (Å²) in [6.07, 6.45) is 7.53. The lowest BCUT2D eigenvalue weighted by atomic mass is 10.2. The van der Waals surface area contributed by atoms with Crippen molar-refractivity contribution in [2.45, 2.75) is 56.1 Å². The maximum Gasteiger partial charge on any atom is 0.251 e. The monoisotopic (exact) mass is 447 g/mol. The van der Waals surface area contributed by atoms with Gasteiger partial charge in [-0.15, -0.1) is 0 Å². The van der Waals surface area contributed by atoms with Crippen LogP contribution in [0.3, 0.4) is 0 Å². The number of pyridine rings is 1. The van der Waals surface area contributed by atoms with Gasteiger partial charge in [0.05, 0.1) is 0 Å². The highest BCUT2D eigenvalue weighted by Gasteiger charge is 2.30. The lowest BCUT2D eigenvalue weighted by Crippen LogP contribution is -2.29. The van der Waals surface area contributed by atoms with Crippen molar-refractivity contribution in [2.75, 3.05) is 13.1 Å². The van der Waals surface area contributed by atoms with Gasteiger partial charge in [-0.1, -0.05) is 6.07 Å². The maximum atomic E-state index is 14.3. The molecule has 166 valence electrons. The highest BCUT2D eigenvalue weighted by atomic mass is 32.2. The number of hydrogen-bond acceptors (Lipinski definition) is 5. The van der Waals surface area contributed by atoms with Gasteiger partial charge in [0.2, 0.25) is 15.9 Å². The Balaban J connectivity index is 1.47. The number of carbonyl (C=O) groups is 1. The molecular formula is C22H26FN3O4S. The molecular weight excluding hydrogens is 421 g/mol. The van der Waals surface area contributed by atoms with Crippen LogP contribution in [0.5, 0.6) is 5.88 Å². The van der Waals surface area contributed by atoms with Crippen LogP contribution in [0.1, 0.15) is 54.4 Å². The third-order valence-electron chi connectivity index (χ3n) is 5.75. The molecule has 1 saturated carbocycles. The van der Waals surface area contributed by atoms with Crippen molar-refractivity contribution >= 4 is 15.9 Å². The van der Waals surface area contributed by atoms with Gasteiger partial charge < -0.3 is 10.1 Å². The van der Waals surface area contributed by atoms with E-state index in [1.807, 2.05) is 6.07 Å². The van der Waals surface area contributed by atoms with E-state index in [1.54, 1.807) is 12.3 Å². The summed E-state index contributed by atoms with van der Waals surface area (Å²) in [7, 11) is -3.96. The predicted molar refractivity (Wildman–Crippen MR) is 113 cm³/mol. The molecule has 1 aliphatic carbocycles. The van der Waals surface area contributed by atoms with Crippen LogP contribution in [0.25, 0.3) is 0 Å². The molecule has 2 fully saturated rings. The van der Waals surface area contributed by atoms with E-state index in [4.69, 9.17) is 4.74 Å². The highest BCUT2D eigenvalue weighted by molar-refractivity contribution is 7.89. The molecule has 9 heteroatoms. The highest BCUT2D eigenvalue weighted by Crippen LogP contribution is 2.26. The molecule has 4 rings (SSSR count). The zero-order valence-corrected chi connectivity index (χ0v) is 18.0. The van der Waals surface area contributed by atoms with Crippen molar-refractivity contribution in [1.82, 2.24) is 14.6 Å². The number of hydrogen-bond donors (Lipinski definition) is 1. The topological polar surface area (TPSA) is 88.6 Å². The fourth-order valence-electron chi connectivity index (χ4n) is 4.02. The van der Waals surface area contributed by atoms with Gasteiger partial charge in [0.1, 0.15) is 16.8 Å². The molecule has 0 spiro atoms. The Morgan fingerprint density at radius 1 is 1.16 bits per heavy atom. The van der Waals surface area contributed by atoms with Crippen LogP contribution in [0, 0.1) is 5.82 Å². The summed E-state index contributed by atoms with van der Waals surface area (Å²) in [5.41, 5.74) is 0.816. The zero-order valence-electron chi connectivity index (χ0n) is 17.2. The minimum absolute atomic E-state index is 0.0846. The van der Waals surface area contributed by atoms with Gasteiger partial charge in [0.25, 0.3) is 5.91 Å². The molecule has 2 aromatic rings. The van der Waals surface area contributed by atoms with Crippen molar-refractivity contribution in [1.29, 1.82) is 0 Å². The van der Waals surface area contributed by atoms with Crippen molar-refractivity contribution in [3.05, 3.63) is 53.5 Å². The van der Waals surface area contributed by atoms with Gasteiger partial charge in [0.15, 0.2) is 0 Å². The van der Waals surface area contributed by atoms with E-state index in [0.29, 0.717) is 19.0 Å². The zero-order chi connectivity index (χ0) is 21.8. The van der Waals surface area contributed by atoms with Crippen molar-refractivity contribution in [2.24, 2.45) is 0 Å². The van der Waals surface area contributed by atoms with E-state index in [-0.39, 0.29) is 18.2 Å². The Labute approximate surface area is 181 Å². The molecule has 1 amide bonds. The van der Waals surface area contributed by atoms with Gasteiger partial charge in [-0.3, -0.25) is 4.79 Å². The van der Waals surface area contributed by atoms with E-state index >= 15 is 0 Å². The molecule has 1 aliphatic heterocycles. The number of halogens is 1. The number of rotatable bonds is 7. The number of amides is 1. The summed E-state index contributed by atoms with van der Waals surface area (Å²) in [5.74, 6) is -0.859. The molecule has 0 atom stereocenters. The fourth-order valence-corrected chi connectivity index (χ4v) is 5.62. The molecule has 0 unspecified atom stereocenters. The second kappa shape index (κ2) is 9.32. The molecule has 1 saturated heterocycles. The summed E-state index contributed by atoms with van der Waals surface area (Å²) in [5, 5.41) is 2.76. The Morgan fingerprint density at radius 3 is 2.65 bits per heavy atom. The first kappa shape index (κ1) is 21.7. The molecule has 1 aromatic heterocycles. The number of ether oxygens (including phenoxy) is 1. The average molecular weight is 448 g/mol. The minimum atomic E-state index is -3.96. The van der Waals surface area contributed by atoms with E-state index in [0.717, 1.165) is 56.2 Å². The van der Waals surface area contributed by atoms with E-state index in [1.165, 1.54) is 10.4 Å².